The maximum atomic E-state index is 11.5. The van der Waals surface area contributed by atoms with Crippen LogP contribution < -0.4 is 103 Å². The Morgan fingerprint density at radius 2 is 1.10 bits per heavy atom. The molecule has 2 rings (SSSR count). The average molecular weight is 507 g/mol. The van der Waals surface area contributed by atoms with E-state index in [1.807, 2.05) is 0 Å². The first-order valence-electron chi connectivity index (χ1n) is 6.71. The number of benzene rings is 2. The van der Waals surface area contributed by atoms with E-state index >= 15 is 0 Å². The largest absolute Gasteiger partial charge is 1.00 e. The van der Waals surface area contributed by atoms with Crippen LogP contribution in [-0.4, -0.2) is 31.2 Å². The monoisotopic (exact) mass is 506 g/mol. The number of amides is 1. The van der Waals surface area contributed by atoms with Gasteiger partial charge in [0.15, 0.2) is 0 Å². The predicted molar refractivity (Wildman–Crippen MR) is 90.8 cm³/mol. The zero-order chi connectivity index (χ0) is 20.1. The molecule has 0 heterocycles. The van der Waals surface area contributed by atoms with Gasteiger partial charge in [0.2, 0.25) is 0 Å². The Kier molecular flexibility index (Phi) is 13.7. The molecule has 29 heavy (non-hydrogen) atoms. The van der Waals surface area contributed by atoms with Gasteiger partial charge in [-0.15, -0.1) is 14.7 Å². The maximum Gasteiger partial charge on any atom is 1.00 e. The van der Waals surface area contributed by atoms with Crippen molar-refractivity contribution in [2.24, 2.45) is 19.9 Å². The molecule has 0 N–H and O–H groups in total. The van der Waals surface area contributed by atoms with Gasteiger partial charge in [-0.1, -0.05) is 5.11 Å². The van der Waals surface area contributed by atoms with Crippen molar-refractivity contribution in [1.82, 2.24) is 0 Å². The molecule has 0 atom stereocenters. The SMILES string of the molecule is O=C(N=Nc1ccc(S(=O)(=O)[O-])cc1)SN=Nc1ccc(S(=O)(=O)[O-])cc1.[K+].[K+]. The second kappa shape index (κ2) is 13.3. The summed E-state index contributed by atoms with van der Waals surface area (Å²) < 4.78 is 68.1. The molecule has 2 aromatic rings. The molecule has 142 valence electrons. The van der Waals surface area contributed by atoms with Crippen LogP contribution in [0.25, 0.3) is 0 Å². The molecule has 0 unspecified atom stereocenters. The number of hydrogen-bond acceptors (Lipinski definition) is 11. The minimum Gasteiger partial charge on any atom is -0.744 e. The fourth-order valence-corrected chi connectivity index (χ4v) is 2.80. The molecule has 1 amide bonds. The topological polar surface area (TPSA) is 181 Å². The van der Waals surface area contributed by atoms with Crippen molar-refractivity contribution in [2.45, 2.75) is 9.79 Å². The van der Waals surface area contributed by atoms with E-state index in [1.165, 1.54) is 24.3 Å². The van der Waals surface area contributed by atoms with Crippen molar-refractivity contribution in [3.05, 3.63) is 48.5 Å². The first-order valence-corrected chi connectivity index (χ1v) is 10.3. The second-order valence-electron chi connectivity index (χ2n) is 4.63. The summed E-state index contributed by atoms with van der Waals surface area (Å²) in [6, 6.07) is 9.00. The van der Waals surface area contributed by atoms with Gasteiger partial charge in [-0.25, -0.2) is 16.8 Å². The standard InChI is InChI=1S/C13H10N4O7S3.2K/c18-13(16-14-9-1-5-11(6-2-9)26(19,20)21)25-17-15-10-3-7-12(8-4-10)27(22,23)24;;/h1-8H,(H,19,20,21)(H,22,23,24);;/q;2*+1/p-2. The van der Waals surface area contributed by atoms with Crippen molar-refractivity contribution < 1.29 is 134 Å². The Balaban J connectivity index is 0.00000392. The van der Waals surface area contributed by atoms with Crippen molar-refractivity contribution in [3.63, 3.8) is 0 Å². The number of carbonyl (C=O) groups excluding carboxylic acids is 1. The van der Waals surface area contributed by atoms with Gasteiger partial charge in [0.1, 0.15) is 32.2 Å². The summed E-state index contributed by atoms with van der Waals surface area (Å²) in [6.45, 7) is 0. The molecule has 0 aromatic heterocycles. The molecule has 0 aliphatic rings. The van der Waals surface area contributed by atoms with Gasteiger partial charge in [0.25, 0.3) is 0 Å². The minimum atomic E-state index is -4.57. The molecular weight excluding hydrogens is 499 g/mol. The molecule has 0 aliphatic heterocycles. The van der Waals surface area contributed by atoms with Gasteiger partial charge in [-0.3, -0.25) is 4.79 Å². The van der Waals surface area contributed by atoms with Crippen LogP contribution in [0.3, 0.4) is 0 Å². The maximum absolute atomic E-state index is 11.5. The van der Waals surface area contributed by atoms with Crippen molar-refractivity contribution in [2.75, 3.05) is 0 Å². The molecule has 0 bridgehead atoms. The summed E-state index contributed by atoms with van der Waals surface area (Å²) in [5, 5.41) is 9.65. The first kappa shape index (κ1) is 29.8. The van der Waals surface area contributed by atoms with Gasteiger partial charge in [-0.2, -0.15) is 0 Å². The average Bonchev–Trinajstić information content (AvgIpc) is 2.59. The smallest absolute Gasteiger partial charge is 0.744 e. The molecule has 2 aromatic carbocycles. The molecule has 0 aliphatic carbocycles. The molecule has 0 radical (unpaired) electrons. The van der Waals surface area contributed by atoms with Gasteiger partial charge < -0.3 is 9.11 Å². The van der Waals surface area contributed by atoms with E-state index in [0.717, 1.165) is 24.3 Å². The number of nitrogens with zero attached hydrogens (tertiary/aromatic N) is 4. The Labute approximate surface area is 255 Å². The molecular formula is C13H8K2N4O7S3. The number of carbonyl (C=O) groups is 1. The van der Waals surface area contributed by atoms with Crippen LogP contribution in [0.1, 0.15) is 0 Å². The van der Waals surface area contributed by atoms with Gasteiger partial charge in [-0.05, 0) is 48.5 Å². The Morgan fingerprint density at radius 1 is 0.724 bits per heavy atom. The number of rotatable bonds is 5. The summed E-state index contributed by atoms with van der Waals surface area (Å²) in [6.07, 6.45) is 0. The Bertz CT molecular complexity index is 1100. The summed E-state index contributed by atoms with van der Waals surface area (Å²) in [5.74, 6) is 0. The molecule has 0 spiro atoms. The van der Waals surface area contributed by atoms with Gasteiger partial charge in [0.05, 0.1) is 21.2 Å². The van der Waals surface area contributed by atoms with Crippen LogP contribution in [0.15, 0.2) is 78.2 Å². The Hall–Kier alpha value is 0.753. The van der Waals surface area contributed by atoms with E-state index in [4.69, 9.17) is 0 Å². The molecule has 11 nitrogen and oxygen atoms in total. The molecule has 16 heteroatoms. The third kappa shape index (κ3) is 10.7. The summed E-state index contributed by atoms with van der Waals surface area (Å²) in [7, 11) is -9.13. The van der Waals surface area contributed by atoms with E-state index in [1.54, 1.807) is 0 Å². The summed E-state index contributed by atoms with van der Waals surface area (Å²) in [4.78, 5) is 10.6. The predicted octanol–water partition coefficient (Wildman–Crippen LogP) is -2.86. The fraction of sp³-hybridized carbons (Fsp3) is 0. The van der Waals surface area contributed by atoms with E-state index in [2.05, 4.69) is 19.9 Å². The third-order valence-corrected chi connectivity index (χ3v) is 4.87. The summed E-state index contributed by atoms with van der Waals surface area (Å²) >= 11 is 0.341. The fourth-order valence-electron chi connectivity index (χ4n) is 1.58. The van der Waals surface area contributed by atoms with Crippen LogP contribution in [-0.2, 0) is 20.2 Å². The zero-order valence-electron chi connectivity index (χ0n) is 15.0. The van der Waals surface area contributed by atoms with Gasteiger partial charge in [0, 0.05) is 0 Å². The van der Waals surface area contributed by atoms with E-state index < -0.39 is 35.3 Å². The van der Waals surface area contributed by atoms with E-state index in [9.17, 15) is 30.7 Å². The van der Waals surface area contributed by atoms with Crippen LogP contribution in [0.2, 0.25) is 0 Å². The van der Waals surface area contributed by atoms with Crippen molar-refractivity contribution in [1.29, 1.82) is 0 Å². The Morgan fingerprint density at radius 3 is 1.48 bits per heavy atom. The summed E-state index contributed by atoms with van der Waals surface area (Å²) in [5.41, 5.74) is 0.344. The quantitative estimate of drug-likeness (QED) is 0.180. The normalized spacial score (nSPS) is 11.8. The minimum absolute atomic E-state index is 0. The van der Waals surface area contributed by atoms with Crippen LogP contribution in [0.5, 0.6) is 0 Å². The van der Waals surface area contributed by atoms with Crippen LogP contribution in [0.4, 0.5) is 16.2 Å². The zero-order valence-corrected chi connectivity index (χ0v) is 23.7. The van der Waals surface area contributed by atoms with E-state index in [-0.39, 0.29) is 114 Å². The van der Waals surface area contributed by atoms with E-state index in [0.29, 0.717) is 11.9 Å². The third-order valence-electron chi connectivity index (χ3n) is 2.77. The first-order chi connectivity index (χ1) is 12.6. The number of azo groups is 1. The van der Waals surface area contributed by atoms with Crippen LogP contribution >= 0.6 is 11.9 Å². The molecule has 0 saturated heterocycles. The molecule has 0 fully saturated rings. The molecule has 0 saturated carbocycles. The van der Waals surface area contributed by atoms with Crippen LogP contribution in [0, 0.1) is 0 Å². The second-order valence-corrected chi connectivity index (χ2v) is 8.09. The number of hydrogen-bond donors (Lipinski definition) is 0. The van der Waals surface area contributed by atoms with Crippen molar-refractivity contribution >= 4 is 48.8 Å². The van der Waals surface area contributed by atoms with Crippen molar-refractivity contribution in [3.8, 4) is 0 Å². The van der Waals surface area contributed by atoms with Gasteiger partial charge >= 0.3 is 108 Å².